The maximum atomic E-state index is 8.20. The van der Waals surface area contributed by atoms with E-state index in [0.29, 0.717) is 26.1 Å². The molecule has 0 aliphatic rings. The van der Waals surface area contributed by atoms with E-state index in [-0.39, 0.29) is 26.1 Å². The fourth-order valence-electron chi connectivity index (χ4n) is 0.534. The van der Waals surface area contributed by atoms with E-state index < -0.39 is 0 Å². The maximum Gasteiger partial charge on any atom is 2.00 e. The molecule has 0 bridgehead atoms. The van der Waals surface area contributed by atoms with Crippen LogP contribution in [0.3, 0.4) is 0 Å². The third-order valence-electron chi connectivity index (χ3n) is 1.58. The summed E-state index contributed by atoms with van der Waals surface area (Å²) in [7, 11) is 7.51. The van der Waals surface area contributed by atoms with Crippen molar-refractivity contribution in [3.63, 3.8) is 0 Å². The van der Waals surface area contributed by atoms with E-state index in [0.717, 1.165) is 6.54 Å². The zero-order valence-corrected chi connectivity index (χ0v) is 21.8. The van der Waals surface area contributed by atoms with Gasteiger partial charge in [0.1, 0.15) is 4.32 Å². The quantitative estimate of drug-likeness (QED) is 0.142. The van der Waals surface area contributed by atoms with Crippen LogP contribution in [0.4, 0.5) is 0 Å². The topological polar surface area (TPSA) is 50.8 Å². The Morgan fingerprint density at radius 1 is 1.04 bits per heavy atom. The number of hydrogen-bond acceptors (Lipinski definition) is 7. The van der Waals surface area contributed by atoms with Crippen LogP contribution in [0.1, 0.15) is 0 Å². The number of aliphatic hydroxyl groups is 1. The van der Waals surface area contributed by atoms with E-state index in [9.17, 15) is 0 Å². The Hall–Kier alpha value is 1.00. The van der Waals surface area contributed by atoms with Gasteiger partial charge in [-0.05, 0) is 14.1 Å². The smallest absolute Gasteiger partial charge is 0.412 e. The molecule has 0 aromatic rings. The first-order valence-electron chi connectivity index (χ1n) is 6.10. The van der Waals surface area contributed by atoms with E-state index in [1.54, 1.807) is 4.90 Å². The molecule has 0 aliphatic heterocycles. The van der Waals surface area contributed by atoms with Gasteiger partial charge in [0.25, 0.3) is 0 Å². The summed E-state index contributed by atoms with van der Waals surface area (Å²) >= 11 is 26.8. The molecule has 0 rings (SSSR count). The Bertz CT molecular complexity index is 305. The van der Waals surface area contributed by atoms with Crippen LogP contribution in [0.2, 0.25) is 0 Å². The largest absolute Gasteiger partial charge is 2.00 e. The van der Waals surface area contributed by atoms with Crippen LogP contribution >= 0.6 is 49.3 Å². The molecule has 23 heavy (non-hydrogen) atoms. The van der Waals surface area contributed by atoms with Gasteiger partial charge in [0.15, 0.2) is 0 Å². The van der Waals surface area contributed by atoms with Crippen LogP contribution in [-0.4, -0.2) is 82.3 Å². The van der Waals surface area contributed by atoms with Crippen LogP contribution in [0.5, 0.6) is 0 Å². The second-order valence-corrected chi connectivity index (χ2v) is 7.40. The summed E-state index contributed by atoms with van der Waals surface area (Å²) in [4.78, 5) is 3.64. The van der Waals surface area contributed by atoms with Crippen molar-refractivity contribution in [2.24, 2.45) is 0 Å². The molecule has 0 amide bonds. The Morgan fingerprint density at radius 2 is 1.43 bits per heavy atom. The van der Waals surface area contributed by atoms with Gasteiger partial charge in [-0.25, -0.2) is 0 Å². The second kappa shape index (κ2) is 23.0. The minimum absolute atomic E-state index is 0. The molecular weight excluding hydrogens is 462 g/mol. The van der Waals surface area contributed by atoms with Crippen molar-refractivity contribution < 1.29 is 24.6 Å². The Kier molecular flexibility index (Phi) is 31.7. The number of aliphatic hydroxyl groups excluding tert-OH is 1. The van der Waals surface area contributed by atoms with Gasteiger partial charge in [0, 0.05) is 33.7 Å². The first-order valence-corrected chi connectivity index (χ1v) is 8.58. The average Bonchev–Trinajstić information content (AvgIpc) is 2.35. The maximum absolute atomic E-state index is 8.20. The number of likely N-dealkylation sites (N-methyl/N-ethyl adjacent to an activating group) is 1. The number of nitrogens with zero attached hydrogens (tertiary/aromatic N) is 2. The van der Waals surface area contributed by atoms with E-state index in [4.69, 9.17) is 5.11 Å². The molecule has 0 aromatic carbocycles. The van der Waals surface area contributed by atoms with Gasteiger partial charge in [-0.15, -0.1) is 12.6 Å². The Morgan fingerprint density at radius 3 is 1.61 bits per heavy atom. The fraction of sp³-hybridized carbons (Fsp3) is 0.727. The van der Waals surface area contributed by atoms with Gasteiger partial charge in [0.2, 0.25) is 0 Å². The summed E-state index contributed by atoms with van der Waals surface area (Å²) in [5.74, 6) is 0. The van der Waals surface area contributed by atoms with E-state index in [2.05, 4.69) is 85.2 Å². The summed E-state index contributed by atoms with van der Waals surface area (Å²) in [5, 5.41) is 13.8. The van der Waals surface area contributed by atoms with Gasteiger partial charge < -0.3 is 75.2 Å². The van der Waals surface area contributed by atoms with Gasteiger partial charge in [-0.1, -0.05) is 20.9 Å². The number of thiol groups is 1. The molecule has 0 fully saturated rings. The molecule has 12 heteroatoms. The van der Waals surface area contributed by atoms with Crippen molar-refractivity contribution in [2.75, 3.05) is 54.4 Å². The number of thiocarbonyl (C=S) groups is 3. The van der Waals surface area contributed by atoms with E-state index >= 15 is 0 Å². The van der Waals surface area contributed by atoms with Crippen molar-refractivity contribution in [3.8, 4) is 0 Å². The van der Waals surface area contributed by atoms with Crippen molar-refractivity contribution in [1.82, 2.24) is 20.4 Å². The normalized spacial score (nSPS) is 8.30. The van der Waals surface area contributed by atoms with Crippen LogP contribution in [-0.2, 0) is 44.7 Å². The number of hydrogen-bond donors (Lipinski definition) is 4. The van der Waals surface area contributed by atoms with E-state index in [1.165, 1.54) is 0 Å². The fourth-order valence-corrected chi connectivity index (χ4v) is 0.952. The average molecular weight is 486 g/mol. The second-order valence-electron chi connectivity index (χ2n) is 4.13. The molecule has 0 aromatic heterocycles. The molecular formula is C11H24N4OS6Zn. The SMILES string of the molecule is CN(C)C(=S)[S-].CN(C)CCO.S=C([S-])NCCNC(=S)S.[Zn+2]. The van der Waals surface area contributed by atoms with Crippen LogP contribution in [0.25, 0.3) is 0 Å². The third kappa shape index (κ3) is 45.1. The van der Waals surface area contributed by atoms with Crippen LogP contribution in [0.15, 0.2) is 0 Å². The minimum atomic E-state index is 0. The van der Waals surface area contributed by atoms with Gasteiger partial charge in [-0.2, -0.15) is 0 Å². The van der Waals surface area contributed by atoms with Crippen LogP contribution < -0.4 is 10.6 Å². The third-order valence-corrected chi connectivity index (χ3v) is 2.90. The summed E-state index contributed by atoms with van der Waals surface area (Å²) in [6.07, 6.45) is 0. The number of rotatable bonds is 5. The van der Waals surface area contributed by atoms with Gasteiger partial charge in [-0.3, -0.25) is 0 Å². The van der Waals surface area contributed by atoms with E-state index in [1.807, 2.05) is 33.1 Å². The zero-order valence-electron chi connectivity index (χ0n) is 13.9. The Labute approximate surface area is 185 Å². The van der Waals surface area contributed by atoms with Crippen LogP contribution in [0, 0.1) is 0 Å². The summed E-state index contributed by atoms with van der Waals surface area (Å²) in [6.45, 7) is 2.40. The molecule has 0 saturated carbocycles. The standard InChI is InChI=1S/C4H8N2S4.C4H11NO.C3H7NS2.Zn/c7-3(8)5-1-2-6-4(9)10;1-5(2)3-4-6;1-4(2)3(5)6;/h1-2H2,(H2,5,7,8)(H2,6,9,10);6H,3-4H2,1-2H3;1-2H3,(H,5,6);/q;;;+2/p-2. The molecule has 0 radical (unpaired) electrons. The molecule has 0 unspecified atom stereocenters. The minimum Gasteiger partial charge on any atom is -0.412 e. The van der Waals surface area contributed by atoms with Crippen molar-refractivity contribution in [3.05, 3.63) is 0 Å². The summed E-state index contributed by atoms with van der Waals surface area (Å²) < 4.78 is 1.37. The summed E-state index contributed by atoms with van der Waals surface area (Å²) in [5.41, 5.74) is 0. The predicted molar refractivity (Wildman–Crippen MR) is 117 cm³/mol. The molecule has 0 aliphatic carbocycles. The monoisotopic (exact) mass is 484 g/mol. The first kappa shape index (κ1) is 31.7. The molecule has 0 atom stereocenters. The van der Waals surface area contributed by atoms with Crippen molar-refractivity contribution >= 4 is 87.5 Å². The first-order chi connectivity index (χ1) is 10.0. The zero-order chi connectivity index (χ0) is 18.1. The van der Waals surface area contributed by atoms with Crippen molar-refractivity contribution in [1.29, 1.82) is 0 Å². The Balaban J connectivity index is -0.000000122. The molecule has 0 saturated heterocycles. The molecule has 5 nitrogen and oxygen atoms in total. The number of nitrogens with one attached hydrogen (secondary N) is 2. The van der Waals surface area contributed by atoms with Gasteiger partial charge >= 0.3 is 19.5 Å². The molecule has 3 N–H and O–H groups in total. The molecule has 0 heterocycles. The van der Waals surface area contributed by atoms with Crippen molar-refractivity contribution in [2.45, 2.75) is 0 Å². The van der Waals surface area contributed by atoms with Gasteiger partial charge in [0.05, 0.1) is 6.61 Å². The predicted octanol–water partition coefficient (Wildman–Crippen LogP) is 0.130. The molecule has 132 valence electrons. The summed E-state index contributed by atoms with van der Waals surface area (Å²) in [6, 6.07) is 0. The molecule has 0 spiro atoms.